The van der Waals surface area contributed by atoms with Gasteiger partial charge in [0.25, 0.3) is 5.91 Å². The van der Waals surface area contributed by atoms with Gasteiger partial charge in [0, 0.05) is 25.1 Å². The zero-order chi connectivity index (χ0) is 16.1. The molecule has 6 nitrogen and oxygen atoms in total. The summed E-state index contributed by atoms with van der Waals surface area (Å²) >= 11 is 0. The molecule has 1 unspecified atom stereocenters. The molecule has 0 saturated heterocycles. The van der Waals surface area contributed by atoms with E-state index in [-0.39, 0.29) is 12.5 Å². The number of pyridine rings is 2. The van der Waals surface area contributed by atoms with Gasteiger partial charge in [0.05, 0.1) is 11.5 Å². The number of aryl methyl sites for hydroxylation is 1. The van der Waals surface area contributed by atoms with Crippen molar-refractivity contribution < 1.29 is 14.7 Å². The quantitative estimate of drug-likeness (QED) is 0.914. The second-order valence-corrected chi connectivity index (χ2v) is 5.09. The predicted molar refractivity (Wildman–Crippen MR) is 81.7 cm³/mol. The van der Waals surface area contributed by atoms with Crippen LogP contribution >= 0.6 is 0 Å². The zero-order valence-corrected chi connectivity index (χ0v) is 12.4. The van der Waals surface area contributed by atoms with Gasteiger partial charge in [-0.05, 0) is 30.7 Å². The first-order valence-corrected chi connectivity index (χ1v) is 6.86. The van der Waals surface area contributed by atoms with Crippen molar-refractivity contribution in [1.29, 1.82) is 0 Å². The second-order valence-electron chi connectivity index (χ2n) is 5.09. The largest absolute Gasteiger partial charge is 0.481 e. The SMILES string of the molecule is Cc1ccc(N(CC(C)C(=O)O)C(=O)c2cccnc2)nc1. The molecule has 114 valence electrons. The lowest BCUT2D eigenvalue weighted by Gasteiger charge is -2.23. The van der Waals surface area contributed by atoms with E-state index in [1.54, 1.807) is 37.5 Å². The van der Waals surface area contributed by atoms with Crippen molar-refractivity contribution in [3.63, 3.8) is 0 Å². The molecule has 0 aliphatic heterocycles. The molecule has 0 saturated carbocycles. The maximum absolute atomic E-state index is 12.6. The van der Waals surface area contributed by atoms with Crippen LogP contribution in [0.25, 0.3) is 0 Å². The Balaban J connectivity index is 2.34. The molecule has 2 aromatic heterocycles. The van der Waals surface area contributed by atoms with E-state index < -0.39 is 11.9 Å². The Labute approximate surface area is 128 Å². The molecule has 0 fully saturated rings. The third kappa shape index (κ3) is 3.66. The lowest BCUT2D eigenvalue weighted by atomic mass is 10.1. The molecule has 0 aliphatic rings. The summed E-state index contributed by atoms with van der Waals surface area (Å²) in [6, 6.07) is 6.84. The van der Waals surface area contributed by atoms with Crippen LogP contribution in [0, 0.1) is 12.8 Å². The number of aliphatic carboxylic acids is 1. The first-order valence-electron chi connectivity index (χ1n) is 6.86. The highest BCUT2D eigenvalue weighted by atomic mass is 16.4. The Morgan fingerprint density at radius 3 is 2.59 bits per heavy atom. The smallest absolute Gasteiger partial charge is 0.308 e. The number of amides is 1. The van der Waals surface area contributed by atoms with Gasteiger partial charge in [0.1, 0.15) is 5.82 Å². The summed E-state index contributed by atoms with van der Waals surface area (Å²) in [5.41, 5.74) is 1.35. The van der Waals surface area contributed by atoms with E-state index in [1.807, 2.05) is 13.0 Å². The van der Waals surface area contributed by atoms with Crippen molar-refractivity contribution in [3.05, 3.63) is 54.0 Å². The van der Waals surface area contributed by atoms with Crippen LogP contribution < -0.4 is 4.90 Å². The van der Waals surface area contributed by atoms with Crippen LogP contribution in [0.5, 0.6) is 0 Å². The number of anilines is 1. The molecule has 2 rings (SSSR count). The normalized spacial score (nSPS) is 11.7. The fourth-order valence-electron chi connectivity index (χ4n) is 1.90. The molecule has 0 spiro atoms. The van der Waals surface area contributed by atoms with Crippen LogP contribution in [0.15, 0.2) is 42.9 Å². The van der Waals surface area contributed by atoms with Crippen molar-refractivity contribution in [2.75, 3.05) is 11.4 Å². The fraction of sp³-hybridized carbons (Fsp3) is 0.250. The second kappa shape index (κ2) is 6.80. The van der Waals surface area contributed by atoms with E-state index in [9.17, 15) is 9.59 Å². The lowest BCUT2D eigenvalue weighted by molar-refractivity contribution is -0.140. The molecule has 0 radical (unpaired) electrons. The summed E-state index contributed by atoms with van der Waals surface area (Å²) in [4.78, 5) is 33.3. The molecular weight excluding hydrogens is 282 g/mol. The maximum Gasteiger partial charge on any atom is 0.308 e. The van der Waals surface area contributed by atoms with Gasteiger partial charge in [-0.2, -0.15) is 0 Å². The van der Waals surface area contributed by atoms with Gasteiger partial charge in [-0.25, -0.2) is 4.98 Å². The Morgan fingerprint density at radius 1 is 1.27 bits per heavy atom. The number of hydrogen-bond donors (Lipinski definition) is 1. The number of nitrogens with zero attached hydrogens (tertiary/aromatic N) is 3. The maximum atomic E-state index is 12.6. The minimum absolute atomic E-state index is 0.0408. The topological polar surface area (TPSA) is 83.4 Å². The number of hydrogen-bond acceptors (Lipinski definition) is 4. The summed E-state index contributed by atoms with van der Waals surface area (Å²) in [5.74, 6) is -1.56. The molecule has 0 aliphatic carbocycles. The third-order valence-electron chi connectivity index (χ3n) is 3.20. The Hall–Kier alpha value is -2.76. The van der Waals surface area contributed by atoms with Gasteiger partial charge in [0.2, 0.25) is 0 Å². The van der Waals surface area contributed by atoms with Crippen molar-refractivity contribution in [1.82, 2.24) is 9.97 Å². The predicted octanol–water partition coefficient (Wildman–Crippen LogP) is 2.15. The minimum atomic E-state index is -0.962. The number of carboxylic acid groups (broad SMARTS) is 1. The molecule has 0 aromatic carbocycles. The molecule has 22 heavy (non-hydrogen) atoms. The van der Waals surface area contributed by atoms with Crippen molar-refractivity contribution in [3.8, 4) is 0 Å². The molecule has 6 heteroatoms. The minimum Gasteiger partial charge on any atom is -0.481 e. The molecule has 1 N–H and O–H groups in total. The average Bonchev–Trinajstić information content (AvgIpc) is 2.53. The van der Waals surface area contributed by atoms with Crippen LogP contribution in [-0.2, 0) is 4.79 Å². The summed E-state index contributed by atoms with van der Waals surface area (Å²) in [6.07, 6.45) is 4.67. The number of carbonyl (C=O) groups is 2. The summed E-state index contributed by atoms with van der Waals surface area (Å²) in [7, 11) is 0. The van der Waals surface area contributed by atoms with Gasteiger partial charge in [0.15, 0.2) is 0 Å². The van der Waals surface area contributed by atoms with Gasteiger partial charge >= 0.3 is 5.97 Å². The standard InChI is InChI=1S/C16H17N3O3/c1-11-5-6-14(18-8-11)19(10-12(2)16(21)22)15(20)13-4-3-7-17-9-13/h3-9,12H,10H2,1-2H3,(H,21,22). The number of aromatic nitrogens is 2. The van der Waals surface area contributed by atoms with E-state index >= 15 is 0 Å². The van der Waals surface area contributed by atoms with Gasteiger partial charge in [-0.3, -0.25) is 19.5 Å². The molecular formula is C16H17N3O3. The highest BCUT2D eigenvalue weighted by Gasteiger charge is 2.24. The molecule has 2 heterocycles. The monoisotopic (exact) mass is 299 g/mol. The van der Waals surface area contributed by atoms with E-state index in [4.69, 9.17) is 5.11 Å². The van der Waals surface area contributed by atoms with Crippen LogP contribution in [0.4, 0.5) is 5.82 Å². The highest BCUT2D eigenvalue weighted by Crippen LogP contribution is 2.17. The van der Waals surface area contributed by atoms with Gasteiger partial charge < -0.3 is 5.11 Å². The van der Waals surface area contributed by atoms with Crippen molar-refractivity contribution >= 4 is 17.7 Å². The van der Waals surface area contributed by atoms with Crippen LogP contribution in [0.2, 0.25) is 0 Å². The number of carbonyl (C=O) groups excluding carboxylic acids is 1. The van der Waals surface area contributed by atoms with Crippen LogP contribution in [0.3, 0.4) is 0 Å². The van der Waals surface area contributed by atoms with Gasteiger partial charge in [-0.1, -0.05) is 13.0 Å². The molecule has 1 atom stereocenters. The fourth-order valence-corrected chi connectivity index (χ4v) is 1.90. The van der Waals surface area contributed by atoms with Crippen LogP contribution in [-0.4, -0.2) is 33.5 Å². The molecule has 2 aromatic rings. The number of rotatable bonds is 5. The van der Waals surface area contributed by atoms with E-state index in [1.165, 1.54) is 11.1 Å². The van der Waals surface area contributed by atoms with Crippen molar-refractivity contribution in [2.45, 2.75) is 13.8 Å². The highest BCUT2D eigenvalue weighted by molar-refractivity contribution is 6.05. The third-order valence-corrected chi connectivity index (χ3v) is 3.20. The zero-order valence-electron chi connectivity index (χ0n) is 12.4. The Bertz CT molecular complexity index is 656. The average molecular weight is 299 g/mol. The summed E-state index contributed by atoms with van der Waals surface area (Å²) in [6.45, 7) is 3.49. The lowest BCUT2D eigenvalue weighted by Crippen LogP contribution is -2.37. The Kier molecular flexibility index (Phi) is 4.83. The van der Waals surface area contributed by atoms with E-state index in [0.717, 1.165) is 5.56 Å². The van der Waals surface area contributed by atoms with Crippen molar-refractivity contribution in [2.24, 2.45) is 5.92 Å². The van der Waals surface area contributed by atoms with E-state index in [2.05, 4.69) is 9.97 Å². The first kappa shape index (κ1) is 15.6. The first-order chi connectivity index (χ1) is 10.5. The van der Waals surface area contributed by atoms with Gasteiger partial charge in [-0.15, -0.1) is 0 Å². The van der Waals surface area contributed by atoms with E-state index in [0.29, 0.717) is 11.4 Å². The Morgan fingerprint density at radius 2 is 2.05 bits per heavy atom. The summed E-state index contributed by atoms with van der Waals surface area (Å²) < 4.78 is 0. The number of carboxylic acids is 1. The van der Waals surface area contributed by atoms with Crippen LogP contribution in [0.1, 0.15) is 22.8 Å². The summed E-state index contributed by atoms with van der Waals surface area (Å²) in [5, 5.41) is 9.10. The molecule has 1 amide bonds. The molecule has 0 bridgehead atoms.